The maximum absolute atomic E-state index is 13.3. The van der Waals surface area contributed by atoms with Crippen LogP contribution in [0.4, 0.5) is 0 Å². The fraction of sp³-hybridized carbons (Fsp3) is 0.605. The molecule has 15 nitrogen and oxygen atoms in total. The molecule has 2 fully saturated rings. The molecule has 3 amide bonds. The summed E-state index contributed by atoms with van der Waals surface area (Å²) in [7, 11) is 10.9. The summed E-state index contributed by atoms with van der Waals surface area (Å²) in [5.74, 6) is -6.59. The third kappa shape index (κ3) is 10.8. The van der Waals surface area contributed by atoms with Gasteiger partial charge in [0.2, 0.25) is 17.6 Å². The van der Waals surface area contributed by atoms with Gasteiger partial charge in [0.1, 0.15) is 22.8 Å². The molecule has 0 saturated carbocycles. The predicted octanol–water partition coefficient (Wildman–Crippen LogP) is 3.20. The summed E-state index contributed by atoms with van der Waals surface area (Å²) < 4.78 is 0. The van der Waals surface area contributed by atoms with E-state index in [9.17, 15) is 49.5 Å². The largest absolute Gasteiger partial charge is 0.510 e. The molecule has 0 spiro atoms. The second kappa shape index (κ2) is 21.4. The molecule has 13 N–H and O–H groups in total. The van der Waals surface area contributed by atoms with Crippen LogP contribution >= 0.6 is 43.2 Å². The number of carbonyl (C=O) groups is 5. The van der Waals surface area contributed by atoms with Gasteiger partial charge in [-0.1, -0.05) is 75.1 Å². The zero-order valence-corrected chi connectivity index (χ0v) is 35.6. The summed E-state index contributed by atoms with van der Waals surface area (Å²) in [6.45, 7) is 1.68. The van der Waals surface area contributed by atoms with E-state index in [0.29, 0.717) is 18.4 Å². The Morgan fingerprint density at radius 2 is 1.40 bits per heavy atom. The number of phenols is 1. The summed E-state index contributed by atoms with van der Waals surface area (Å²) in [5, 5.41) is 56.7. The smallest absolute Gasteiger partial charge is 0.255 e. The van der Waals surface area contributed by atoms with Crippen molar-refractivity contribution in [2.75, 3.05) is 25.6 Å². The Labute approximate surface area is 348 Å². The van der Waals surface area contributed by atoms with Crippen LogP contribution in [0.2, 0.25) is 0 Å². The minimum Gasteiger partial charge on any atom is -0.510 e. The standard InChI is InChI=1S/C22H24N2O8.2C8H15NOS2.H2O/c1-7-8-5-4-6-9(25)11(8)16(26)12-10(7)17(27)14-15(24(2)3)18(28)13(21(23)31)20(30)22(14,32)19(12)29;2*9-8(10)4-2-1-3-7-5-6-11-12-7;/h4-7,10,14-15,17,25,27-29,32H,1-3H3,(H2,23,31);2*7H,1-6H2,(H2,9,10);1H2/t7-,10+,14+,15-,17-,22-;2*7-;/m011./s1. The van der Waals surface area contributed by atoms with Crippen molar-refractivity contribution in [2.45, 2.75) is 105 Å². The van der Waals surface area contributed by atoms with Crippen LogP contribution < -0.4 is 17.2 Å². The first-order chi connectivity index (χ1) is 26.4. The lowest BCUT2D eigenvalue weighted by molar-refractivity contribution is -0.162. The highest BCUT2D eigenvalue weighted by molar-refractivity contribution is 8.77. The molecule has 1 aromatic rings. The van der Waals surface area contributed by atoms with Crippen molar-refractivity contribution in [1.29, 1.82) is 0 Å². The minimum absolute atomic E-state index is 0. The number of hydrogen-bond donors (Lipinski definition) is 8. The lowest BCUT2D eigenvalue weighted by Crippen LogP contribution is -2.68. The van der Waals surface area contributed by atoms with Crippen LogP contribution in [-0.4, -0.2) is 119 Å². The van der Waals surface area contributed by atoms with Crippen LogP contribution in [0.15, 0.2) is 40.9 Å². The topological polar surface area (TPSA) is 299 Å². The average Bonchev–Trinajstić information content (AvgIpc) is 3.86. The van der Waals surface area contributed by atoms with Gasteiger partial charge in [-0.3, -0.25) is 28.9 Å². The van der Waals surface area contributed by atoms with Crippen molar-refractivity contribution < 1.29 is 55.0 Å². The highest BCUT2D eigenvalue weighted by Gasteiger charge is 2.67. The number of unbranched alkanes of at least 4 members (excludes halogenated alkanes) is 2. The molecule has 6 rings (SSSR count). The molecule has 3 aliphatic carbocycles. The number of primary amides is 3. The molecule has 57 heavy (non-hydrogen) atoms. The molecule has 318 valence electrons. The first-order valence-electron chi connectivity index (χ1n) is 18.7. The van der Waals surface area contributed by atoms with E-state index in [1.165, 1.54) is 62.3 Å². The van der Waals surface area contributed by atoms with Crippen molar-refractivity contribution in [1.82, 2.24) is 4.90 Å². The molecule has 19 heteroatoms. The monoisotopic (exact) mass is 872 g/mol. The van der Waals surface area contributed by atoms with Gasteiger partial charge in [-0.15, -0.1) is 0 Å². The van der Waals surface area contributed by atoms with Crippen LogP contribution in [0.1, 0.15) is 93.0 Å². The number of aliphatic hydroxyl groups is 4. The number of ketones is 2. The highest BCUT2D eigenvalue weighted by atomic mass is 33.1. The van der Waals surface area contributed by atoms with Crippen molar-refractivity contribution in [2.24, 2.45) is 29.0 Å². The molecule has 0 aromatic heterocycles. The van der Waals surface area contributed by atoms with Crippen molar-refractivity contribution in [3.8, 4) is 5.75 Å². The van der Waals surface area contributed by atoms with Crippen LogP contribution in [0.3, 0.4) is 0 Å². The van der Waals surface area contributed by atoms with Gasteiger partial charge in [-0.05, 0) is 70.2 Å². The average molecular weight is 873 g/mol. The van der Waals surface area contributed by atoms with Crippen molar-refractivity contribution >= 4 is 72.5 Å². The first-order valence-corrected chi connectivity index (χ1v) is 23.5. The molecule has 0 unspecified atom stereocenters. The highest BCUT2D eigenvalue weighted by Crippen LogP contribution is 2.55. The maximum atomic E-state index is 13.3. The number of nitrogens with two attached hydrogens (primary N) is 3. The number of phenolic OH excluding ortho intramolecular Hbond substituents is 1. The van der Waals surface area contributed by atoms with Gasteiger partial charge >= 0.3 is 0 Å². The predicted molar refractivity (Wildman–Crippen MR) is 226 cm³/mol. The van der Waals surface area contributed by atoms with Crippen molar-refractivity contribution in [3.63, 3.8) is 0 Å². The van der Waals surface area contributed by atoms with Gasteiger partial charge in [0.05, 0.1) is 23.6 Å². The van der Waals surface area contributed by atoms with E-state index in [4.69, 9.17) is 17.2 Å². The van der Waals surface area contributed by atoms with Crippen molar-refractivity contribution in [3.05, 3.63) is 52.0 Å². The zero-order chi connectivity index (χ0) is 41.5. The summed E-state index contributed by atoms with van der Waals surface area (Å²) in [5.41, 5.74) is 11.4. The van der Waals surface area contributed by atoms with Gasteiger partial charge in [-0.25, -0.2) is 0 Å². The maximum Gasteiger partial charge on any atom is 0.255 e. The molecule has 2 heterocycles. The summed E-state index contributed by atoms with van der Waals surface area (Å²) in [6.07, 6.45) is 8.97. The van der Waals surface area contributed by atoms with Gasteiger partial charge in [0.15, 0.2) is 11.4 Å². The number of aromatic hydroxyl groups is 1. The molecule has 2 aliphatic heterocycles. The normalized spacial score (nSPS) is 28.9. The quantitative estimate of drug-likeness (QED) is 0.0850. The Bertz CT molecular complexity index is 1680. The number of likely N-dealkylation sites (N-methyl/N-ethyl adjacent to an activating group) is 1. The number of benzene rings is 1. The van der Waals surface area contributed by atoms with Gasteiger partial charge in [0.25, 0.3) is 5.91 Å². The van der Waals surface area contributed by atoms with E-state index in [0.717, 1.165) is 36.2 Å². The van der Waals surface area contributed by atoms with Crippen LogP contribution in [0.25, 0.3) is 0 Å². The summed E-state index contributed by atoms with van der Waals surface area (Å²) in [6, 6.07) is 3.17. The van der Waals surface area contributed by atoms with E-state index in [1.807, 2.05) is 43.2 Å². The third-order valence-corrected chi connectivity index (χ3v) is 16.9. The van der Waals surface area contributed by atoms with E-state index < -0.39 is 75.6 Å². The van der Waals surface area contributed by atoms with E-state index in [2.05, 4.69) is 0 Å². The fourth-order valence-electron chi connectivity index (χ4n) is 8.05. The zero-order valence-electron chi connectivity index (χ0n) is 32.3. The molecule has 8 atom stereocenters. The van der Waals surface area contributed by atoms with E-state index in [-0.39, 0.29) is 28.6 Å². The Hall–Kier alpha value is -2.91. The molecular formula is C38H56N4O11S4. The summed E-state index contributed by atoms with van der Waals surface area (Å²) in [4.78, 5) is 60.6. The SMILES string of the molecule is C[C@H]1c2cccc(O)c2C(=O)C2=C(O)[C@]3(O)C(=O)C(C(N)=O)=C(O)[C@@H](N(C)C)[C@@H]3[C@@H](O)[C@@H]21.NC(=O)CCCC[C@@H]1CCSS1.NC(=O)CCCC[C@@H]1CCSS1.O. The van der Waals surface area contributed by atoms with Crippen LogP contribution in [0, 0.1) is 11.8 Å². The fourth-order valence-corrected chi connectivity index (χ4v) is 14.1. The van der Waals surface area contributed by atoms with Crippen LogP contribution in [-0.2, 0) is 19.2 Å². The van der Waals surface area contributed by atoms with Crippen LogP contribution in [0.5, 0.6) is 5.75 Å². The first kappa shape index (κ1) is 48.5. The number of fused-ring (bicyclic) bond motifs is 3. The van der Waals surface area contributed by atoms with Gasteiger partial charge in [-0.2, -0.15) is 0 Å². The van der Waals surface area contributed by atoms with E-state index >= 15 is 0 Å². The number of hydrogen-bond acceptors (Lipinski definition) is 15. The number of aliphatic hydroxyl groups excluding tert-OH is 3. The molecule has 0 bridgehead atoms. The minimum atomic E-state index is -2.89. The molecule has 5 aliphatic rings. The Kier molecular flexibility index (Phi) is 18.2. The van der Waals surface area contributed by atoms with Gasteiger partial charge in [0, 0.05) is 46.3 Å². The van der Waals surface area contributed by atoms with Gasteiger partial charge < -0.3 is 48.2 Å². The molecule has 0 radical (unpaired) electrons. The Morgan fingerprint density at radius 1 is 0.877 bits per heavy atom. The number of rotatable bonds is 12. The molecule has 1 aromatic carbocycles. The lowest BCUT2D eigenvalue weighted by atomic mass is 9.55. The number of carbonyl (C=O) groups excluding carboxylic acids is 5. The number of Topliss-reactive ketones (excluding diaryl/α,β-unsaturated/α-hetero) is 2. The Morgan fingerprint density at radius 3 is 1.84 bits per heavy atom. The molecule has 2 saturated heterocycles. The second-order valence-corrected chi connectivity index (χ2v) is 20.4. The third-order valence-electron chi connectivity index (χ3n) is 10.8. The lowest BCUT2D eigenvalue weighted by Gasteiger charge is -2.53. The second-order valence-electron chi connectivity index (χ2n) is 14.9. The summed E-state index contributed by atoms with van der Waals surface area (Å²) >= 11 is 0. The van der Waals surface area contributed by atoms with E-state index in [1.54, 1.807) is 19.1 Å². The Balaban J connectivity index is 0.000000285. The number of nitrogens with zero attached hydrogens (tertiary/aromatic N) is 1. The molecular weight excluding hydrogens is 817 g/mol. The number of amides is 3.